The molecule has 32 heavy (non-hydrogen) atoms. The first-order valence-corrected chi connectivity index (χ1v) is 10.4. The first-order chi connectivity index (χ1) is 15.5. The molecule has 0 saturated heterocycles. The number of hydrogen-bond acceptors (Lipinski definition) is 5. The largest absolute Gasteiger partial charge is 0.350 e. The second-order valence-electron chi connectivity index (χ2n) is 7.63. The van der Waals surface area contributed by atoms with Crippen molar-refractivity contribution in [3.05, 3.63) is 71.3 Å². The highest BCUT2D eigenvalue weighted by atomic mass is 16.5. The molecule has 0 heterocycles. The van der Waals surface area contributed by atoms with E-state index in [1.807, 2.05) is 30.3 Å². The Kier molecular flexibility index (Phi) is 7.97. The van der Waals surface area contributed by atoms with Gasteiger partial charge in [0.15, 0.2) is 0 Å². The Morgan fingerprint density at radius 3 is 2.19 bits per heavy atom. The van der Waals surface area contributed by atoms with E-state index in [1.54, 1.807) is 31.2 Å². The molecule has 5 N–H and O–H groups in total. The molecule has 2 aromatic carbocycles. The summed E-state index contributed by atoms with van der Waals surface area (Å²) < 4.78 is 0. The Morgan fingerprint density at radius 1 is 0.969 bits per heavy atom. The van der Waals surface area contributed by atoms with Crippen molar-refractivity contribution in [2.75, 3.05) is 6.54 Å². The van der Waals surface area contributed by atoms with Crippen LogP contribution in [0.5, 0.6) is 0 Å². The second kappa shape index (κ2) is 11.1. The lowest BCUT2D eigenvalue weighted by atomic mass is 10.1. The van der Waals surface area contributed by atoms with Crippen LogP contribution in [0.25, 0.3) is 0 Å². The third-order valence-corrected chi connectivity index (χ3v) is 4.97. The highest BCUT2D eigenvalue weighted by molar-refractivity contribution is 5.98. The van der Waals surface area contributed by atoms with Crippen LogP contribution in [0.15, 0.2) is 54.6 Å². The van der Waals surface area contributed by atoms with Crippen molar-refractivity contribution in [2.24, 2.45) is 0 Å². The molecule has 8 nitrogen and oxygen atoms in total. The zero-order chi connectivity index (χ0) is 22.9. The number of nitrogens with one attached hydrogen (secondary N) is 4. The second-order valence-corrected chi connectivity index (χ2v) is 7.63. The standard InChI is InChI=1S/C24H26N4O4/c1-16(26-21(29)15-25-20-13-14-20)22(24(31)28-32)27-23(30)19-11-9-18(10-12-19)8-7-17-5-3-2-4-6-17/h2-6,9-12,16,20,22,25,32H,13-15H2,1H3,(H,26,29)(H,27,30)(H,28,31)/t16-,22?/m0/s1. The maximum Gasteiger partial charge on any atom is 0.268 e. The number of carbonyl (C=O) groups excluding carboxylic acids is 3. The fourth-order valence-corrected chi connectivity index (χ4v) is 3.00. The Bertz CT molecular complexity index is 1010. The molecule has 0 radical (unpaired) electrons. The predicted octanol–water partition coefficient (Wildman–Crippen LogP) is 0.947. The highest BCUT2D eigenvalue weighted by Crippen LogP contribution is 2.17. The first kappa shape index (κ1) is 23.0. The SMILES string of the molecule is C[C@H](NC(=O)CNC1CC1)C(NC(=O)c1ccc(C#Cc2ccccc2)cc1)C(=O)NO. The van der Waals surface area contributed by atoms with Crippen LogP contribution in [-0.4, -0.2) is 47.6 Å². The summed E-state index contributed by atoms with van der Waals surface area (Å²) >= 11 is 0. The molecule has 1 fully saturated rings. The van der Waals surface area contributed by atoms with Gasteiger partial charge in [0.25, 0.3) is 11.8 Å². The summed E-state index contributed by atoms with van der Waals surface area (Å²) in [5, 5.41) is 17.4. The third kappa shape index (κ3) is 6.94. The number of benzene rings is 2. The van der Waals surface area contributed by atoms with Crippen LogP contribution in [0.1, 0.15) is 41.3 Å². The fraction of sp³-hybridized carbons (Fsp3) is 0.292. The van der Waals surface area contributed by atoms with Gasteiger partial charge in [-0.15, -0.1) is 0 Å². The van der Waals surface area contributed by atoms with Crippen molar-refractivity contribution >= 4 is 17.7 Å². The molecule has 2 aromatic rings. The van der Waals surface area contributed by atoms with Crippen molar-refractivity contribution in [3.8, 4) is 11.8 Å². The lowest BCUT2D eigenvalue weighted by molar-refractivity contribution is -0.132. The van der Waals surface area contributed by atoms with Crippen molar-refractivity contribution in [1.82, 2.24) is 21.4 Å². The monoisotopic (exact) mass is 434 g/mol. The van der Waals surface area contributed by atoms with Crippen LogP contribution < -0.4 is 21.4 Å². The number of hydroxylamine groups is 1. The molecule has 1 aliphatic rings. The normalized spacial score (nSPS) is 14.3. The minimum Gasteiger partial charge on any atom is -0.350 e. The number of amides is 3. The smallest absolute Gasteiger partial charge is 0.268 e. The molecule has 3 rings (SSSR count). The molecular weight excluding hydrogens is 408 g/mol. The van der Waals surface area contributed by atoms with Crippen LogP contribution in [-0.2, 0) is 9.59 Å². The summed E-state index contributed by atoms with van der Waals surface area (Å²) in [6.07, 6.45) is 2.09. The van der Waals surface area contributed by atoms with Crippen LogP contribution in [0, 0.1) is 11.8 Å². The Balaban J connectivity index is 1.60. The minimum absolute atomic E-state index is 0.127. The van der Waals surface area contributed by atoms with Gasteiger partial charge in [0.05, 0.1) is 12.6 Å². The molecule has 1 aliphatic carbocycles. The van der Waals surface area contributed by atoms with Crippen molar-refractivity contribution in [1.29, 1.82) is 0 Å². The van der Waals surface area contributed by atoms with Gasteiger partial charge in [-0.25, -0.2) is 5.48 Å². The summed E-state index contributed by atoms with van der Waals surface area (Å²) in [4.78, 5) is 36.8. The minimum atomic E-state index is -1.16. The molecule has 166 valence electrons. The number of rotatable bonds is 8. The van der Waals surface area contributed by atoms with Crippen LogP contribution in [0.3, 0.4) is 0 Å². The first-order valence-electron chi connectivity index (χ1n) is 10.4. The van der Waals surface area contributed by atoms with Crippen LogP contribution >= 0.6 is 0 Å². The van der Waals surface area contributed by atoms with Crippen LogP contribution in [0.2, 0.25) is 0 Å². The van der Waals surface area contributed by atoms with Gasteiger partial charge in [0.2, 0.25) is 5.91 Å². The average Bonchev–Trinajstić information content (AvgIpc) is 3.65. The molecule has 0 aliphatic heterocycles. The Hall–Kier alpha value is -3.67. The van der Waals surface area contributed by atoms with Crippen LogP contribution in [0.4, 0.5) is 0 Å². The van der Waals surface area contributed by atoms with Gasteiger partial charge in [-0.1, -0.05) is 30.0 Å². The van der Waals surface area contributed by atoms with Crippen molar-refractivity contribution < 1.29 is 19.6 Å². The zero-order valence-electron chi connectivity index (χ0n) is 17.7. The molecule has 0 spiro atoms. The van der Waals surface area contributed by atoms with E-state index in [2.05, 4.69) is 27.8 Å². The van der Waals surface area contributed by atoms with E-state index in [4.69, 9.17) is 5.21 Å². The van der Waals surface area contributed by atoms with Crippen molar-refractivity contribution in [2.45, 2.75) is 37.9 Å². The van der Waals surface area contributed by atoms with Crippen molar-refractivity contribution in [3.63, 3.8) is 0 Å². The van der Waals surface area contributed by atoms with Gasteiger partial charge < -0.3 is 16.0 Å². The van der Waals surface area contributed by atoms with Gasteiger partial charge in [-0.3, -0.25) is 19.6 Å². The number of carbonyl (C=O) groups is 3. The van der Waals surface area contributed by atoms with E-state index in [0.717, 1.165) is 24.0 Å². The topological polar surface area (TPSA) is 120 Å². The van der Waals surface area contributed by atoms with Gasteiger partial charge in [-0.05, 0) is 56.2 Å². The van der Waals surface area contributed by atoms with Gasteiger partial charge in [0.1, 0.15) is 6.04 Å². The van der Waals surface area contributed by atoms with E-state index >= 15 is 0 Å². The molecule has 2 atom stereocenters. The lowest BCUT2D eigenvalue weighted by Gasteiger charge is -2.24. The van der Waals surface area contributed by atoms with Gasteiger partial charge in [0, 0.05) is 22.7 Å². The molecule has 1 saturated carbocycles. The molecule has 8 heteroatoms. The van der Waals surface area contributed by atoms with Gasteiger partial charge in [-0.2, -0.15) is 0 Å². The highest BCUT2D eigenvalue weighted by Gasteiger charge is 2.29. The Morgan fingerprint density at radius 2 is 1.59 bits per heavy atom. The van der Waals surface area contributed by atoms with E-state index in [9.17, 15) is 14.4 Å². The summed E-state index contributed by atoms with van der Waals surface area (Å²) in [6.45, 7) is 1.71. The summed E-state index contributed by atoms with van der Waals surface area (Å²) in [6, 6.07) is 14.6. The van der Waals surface area contributed by atoms with E-state index in [0.29, 0.717) is 11.6 Å². The molecule has 0 aromatic heterocycles. The third-order valence-electron chi connectivity index (χ3n) is 4.97. The predicted molar refractivity (Wildman–Crippen MR) is 119 cm³/mol. The molecular formula is C24H26N4O4. The average molecular weight is 434 g/mol. The quantitative estimate of drug-likeness (QED) is 0.241. The van der Waals surface area contributed by atoms with E-state index in [-0.39, 0.29) is 12.5 Å². The van der Waals surface area contributed by atoms with E-state index < -0.39 is 23.9 Å². The summed E-state index contributed by atoms with van der Waals surface area (Å²) in [5.41, 5.74) is 3.48. The molecule has 3 amide bonds. The maximum atomic E-state index is 12.6. The fourth-order valence-electron chi connectivity index (χ4n) is 3.00. The summed E-state index contributed by atoms with van der Waals surface area (Å²) in [5.74, 6) is 4.43. The Labute approximate surface area is 186 Å². The molecule has 0 bridgehead atoms. The zero-order valence-corrected chi connectivity index (χ0v) is 17.7. The number of hydrogen-bond donors (Lipinski definition) is 5. The van der Waals surface area contributed by atoms with Gasteiger partial charge >= 0.3 is 0 Å². The summed E-state index contributed by atoms with van der Waals surface area (Å²) in [7, 11) is 0. The maximum absolute atomic E-state index is 12.6. The molecule has 1 unspecified atom stereocenters. The van der Waals surface area contributed by atoms with E-state index in [1.165, 1.54) is 5.48 Å². The lowest BCUT2D eigenvalue weighted by Crippen LogP contribution is -2.58.